The van der Waals surface area contributed by atoms with E-state index in [4.69, 9.17) is 0 Å². The minimum Gasteiger partial charge on any atom is -0.285 e. The van der Waals surface area contributed by atoms with E-state index in [0.29, 0.717) is 4.90 Å². The molecule has 1 aliphatic rings. The van der Waals surface area contributed by atoms with Crippen molar-refractivity contribution < 1.29 is 8.78 Å². The van der Waals surface area contributed by atoms with Crippen LogP contribution in [0.1, 0.15) is 0 Å². The topological polar surface area (TPSA) is 15.6 Å². The number of aliphatic imine (C=N–C) groups is 1. The van der Waals surface area contributed by atoms with E-state index in [-0.39, 0.29) is 6.54 Å². The molecule has 0 aromatic heterocycles. The van der Waals surface area contributed by atoms with Gasteiger partial charge in [-0.25, -0.2) is 0 Å². The number of rotatable bonds is 1. The second-order valence-corrected chi connectivity index (χ2v) is 1.22. The minimum absolute atomic E-state index is 0.199. The van der Waals surface area contributed by atoms with Crippen LogP contribution in [-0.4, -0.2) is 24.3 Å². The predicted octanol–water partition coefficient (Wildman–Crippen LogP) is 0.469. The summed E-state index contributed by atoms with van der Waals surface area (Å²) >= 11 is 0. The molecule has 0 aliphatic carbocycles. The summed E-state index contributed by atoms with van der Waals surface area (Å²) in [7, 11) is 0. The smallest absolute Gasteiger partial charge is 0.285 e. The first-order valence-electron chi connectivity index (χ1n) is 2.04. The highest BCUT2D eigenvalue weighted by molar-refractivity contribution is 5.58. The number of alkyl halides is 2. The maximum Gasteiger partial charge on any atom is 0.317 e. The summed E-state index contributed by atoms with van der Waals surface area (Å²) in [5.74, 6) is 0. The quantitative estimate of drug-likeness (QED) is 0.456. The van der Waals surface area contributed by atoms with Crippen molar-refractivity contribution >= 4 is 6.34 Å². The lowest BCUT2D eigenvalue weighted by Crippen LogP contribution is -2.21. The van der Waals surface area contributed by atoms with Gasteiger partial charge in [0.15, 0.2) is 6.34 Å². The summed E-state index contributed by atoms with van der Waals surface area (Å²) < 4.78 is 23.0. The van der Waals surface area contributed by atoms with Gasteiger partial charge in [0, 0.05) is 0 Å². The zero-order valence-corrected chi connectivity index (χ0v) is 3.93. The van der Waals surface area contributed by atoms with Gasteiger partial charge >= 0.3 is 6.55 Å². The van der Waals surface area contributed by atoms with Crippen molar-refractivity contribution in [2.45, 2.75) is 6.55 Å². The van der Waals surface area contributed by atoms with Crippen LogP contribution in [0.2, 0.25) is 0 Å². The number of hydrogen-bond acceptors (Lipinski definition) is 2. The van der Waals surface area contributed by atoms with Gasteiger partial charge in [-0.2, -0.15) is 8.78 Å². The van der Waals surface area contributed by atoms with Crippen LogP contribution in [0, 0.1) is 6.54 Å². The second-order valence-electron chi connectivity index (χ2n) is 1.22. The average molecular weight is 117 g/mol. The van der Waals surface area contributed by atoms with Gasteiger partial charge in [0.05, 0.1) is 6.54 Å². The van der Waals surface area contributed by atoms with Crippen molar-refractivity contribution in [3.05, 3.63) is 6.54 Å². The Hall–Kier alpha value is -0.670. The maximum absolute atomic E-state index is 11.5. The lowest BCUT2D eigenvalue weighted by molar-refractivity contribution is 0.0455. The molecule has 1 heterocycles. The van der Waals surface area contributed by atoms with E-state index in [1.54, 1.807) is 0 Å². The van der Waals surface area contributed by atoms with E-state index in [1.165, 1.54) is 0 Å². The Bertz CT molecular complexity index is 102. The molecule has 0 unspecified atom stereocenters. The van der Waals surface area contributed by atoms with Crippen molar-refractivity contribution in [1.82, 2.24) is 4.90 Å². The van der Waals surface area contributed by atoms with Crippen LogP contribution in [0.4, 0.5) is 8.78 Å². The van der Waals surface area contributed by atoms with Gasteiger partial charge in [0.2, 0.25) is 0 Å². The minimum atomic E-state index is -2.54. The zero-order valence-electron chi connectivity index (χ0n) is 3.93. The van der Waals surface area contributed by atoms with Crippen molar-refractivity contribution in [3.63, 3.8) is 0 Å². The van der Waals surface area contributed by atoms with Gasteiger partial charge in [0.1, 0.15) is 6.54 Å². The van der Waals surface area contributed by atoms with Gasteiger partial charge in [0.25, 0.3) is 0 Å². The van der Waals surface area contributed by atoms with Crippen molar-refractivity contribution in [1.29, 1.82) is 0 Å². The molecule has 1 aliphatic heterocycles. The van der Waals surface area contributed by atoms with Crippen LogP contribution in [0.5, 0.6) is 0 Å². The lowest BCUT2D eigenvalue weighted by Gasteiger charge is -2.07. The SMILES string of the molecule is FC(F)N1[C]CN=[C]1. The molecule has 8 heavy (non-hydrogen) atoms. The molecule has 3 radical (unpaired) electrons. The Kier molecular flexibility index (Phi) is 1.41. The van der Waals surface area contributed by atoms with E-state index >= 15 is 0 Å². The molecule has 0 N–H and O–H groups in total. The summed E-state index contributed by atoms with van der Waals surface area (Å²) in [6.07, 6.45) is 2.05. The van der Waals surface area contributed by atoms with E-state index in [2.05, 4.69) is 17.9 Å². The Morgan fingerprint density at radius 1 is 1.62 bits per heavy atom. The van der Waals surface area contributed by atoms with Gasteiger partial charge in [-0.1, -0.05) is 0 Å². The third-order valence-electron chi connectivity index (χ3n) is 0.694. The molecule has 0 aromatic carbocycles. The number of hydrogen-bond donors (Lipinski definition) is 0. The molecule has 0 atom stereocenters. The second kappa shape index (κ2) is 2.07. The third-order valence-corrected chi connectivity index (χ3v) is 0.694. The molecular weight excluding hydrogens is 114 g/mol. The molecule has 0 aromatic rings. The first kappa shape index (κ1) is 5.47. The lowest BCUT2D eigenvalue weighted by atomic mass is 10.6. The molecule has 1 rings (SSSR count). The molecule has 0 saturated carbocycles. The fourth-order valence-electron chi connectivity index (χ4n) is 0.371. The van der Waals surface area contributed by atoms with E-state index in [0.717, 1.165) is 0 Å². The molecular formula is C4H3F2N2. The van der Waals surface area contributed by atoms with Gasteiger partial charge in [-0.3, -0.25) is 9.89 Å². The first-order chi connectivity index (χ1) is 3.80. The van der Waals surface area contributed by atoms with Crippen molar-refractivity contribution in [3.8, 4) is 0 Å². The molecule has 0 saturated heterocycles. The van der Waals surface area contributed by atoms with Gasteiger partial charge in [-0.15, -0.1) is 0 Å². The van der Waals surface area contributed by atoms with Crippen LogP contribution < -0.4 is 0 Å². The van der Waals surface area contributed by atoms with Crippen LogP contribution in [0.25, 0.3) is 0 Å². The van der Waals surface area contributed by atoms with Crippen molar-refractivity contribution in [2.24, 2.45) is 4.99 Å². The Morgan fingerprint density at radius 2 is 2.38 bits per heavy atom. The largest absolute Gasteiger partial charge is 0.317 e. The Labute approximate surface area is 45.8 Å². The fourth-order valence-corrected chi connectivity index (χ4v) is 0.371. The predicted molar refractivity (Wildman–Crippen MR) is 23.4 cm³/mol. The summed E-state index contributed by atoms with van der Waals surface area (Å²) in [5, 5.41) is 0. The Morgan fingerprint density at radius 3 is 2.62 bits per heavy atom. The molecule has 2 nitrogen and oxygen atoms in total. The fraction of sp³-hybridized carbons (Fsp3) is 0.500. The summed E-state index contributed by atoms with van der Waals surface area (Å²) in [6, 6.07) is 0. The highest BCUT2D eigenvalue weighted by Crippen LogP contribution is 2.06. The van der Waals surface area contributed by atoms with Gasteiger partial charge < -0.3 is 0 Å². The van der Waals surface area contributed by atoms with Crippen LogP contribution in [-0.2, 0) is 0 Å². The van der Waals surface area contributed by atoms with Crippen molar-refractivity contribution in [2.75, 3.05) is 6.54 Å². The van der Waals surface area contributed by atoms with Crippen LogP contribution >= 0.6 is 0 Å². The molecule has 43 valence electrons. The number of halogens is 2. The van der Waals surface area contributed by atoms with Crippen LogP contribution in [0.15, 0.2) is 4.99 Å². The molecule has 0 amide bonds. The highest BCUT2D eigenvalue weighted by Gasteiger charge is 2.16. The Balaban J connectivity index is 2.36. The summed E-state index contributed by atoms with van der Waals surface area (Å²) in [6.45, 7) is -0.0802. The first-order valence-corrected chi connectivity index (χ1v) is 2.04. The third kappa shape index (κ3) is 0.936. The summed E-state index contributed by atoms with van der Waals surface area (Å²) in [5.41, 5.74) is 0. The normalized spacial score (nSPS) is 18.6. The molecule has 0 spiro atoms. The number of nitrogens with zero attached hydrogens (tertiary/aromatic N) is 2. The maximum atomic E-state index is 11.5. The molecule has 4 heteroatoms. The van der Waals surface area contributed by atoms with E-state index < -0.39 is 6.55 Å². The van der Waals surface area contributed by atoms with E-state index in [9.17, 15) is 8.78 Å². The van der Waals surface area contributed by atoms with Gasteiger partial charge in [-0.05, 0) is 0 Å². The molecule has 0 fully saturated rings. The van der Waals surface area contributed by atoms with E-state index in [1.807, 2.05) is 0 Å². The standard InChI is InChI=1S/C4H3F2N2/c5-4(6)8-2-1-7-3-8/h4H,1H2. The zero-order chi connectivity index (χ0) is 5.98. The van der Waals surface area contributed by atoms with Crippen LogP contribution in [0.3, 0.4) is 0 Å². The molecule has 0 bridgehead atoms. The monoisotopic (exact) mass is 117 g/mol. The average Bonchev–Trinajstić information content (AvgIpc) is 2.12. The summed E-state index contributed by atoms with van der Waals surface area (Å²) in [4.78, 5) is 3.90. The highest BCUT2D eigenvalue weighted by atomic mass is 19.3.